The van der Waals surface area contributed by atoms with E-state index in [1.54, 1.807) is 41.5 Å². The number of primary amides is 1. The maximum Gasteiger partial charge on any atom is 0.404 e. The van der Waals surface area contributed by atoms with Gasteiger partial charge in [-0.15, -0.1) is 0 Å². The number of ether oxygens (including phenoxy) is 10. The molecule has 20 unspecified atom stereocenters. The van der Waals surface area contributed by atoms with Gasteiger partial charge in [-0.25, -0.2) is 4.79 Å². The van der Waals surface area contributed by atoms with Gasteiger partial charge in [0.1, 0.15) is 48.0 Å². The Morgan fingerprint density at radius 3 is 2.07 bits per heavy atom. The average molecular weight is 992 g/mol. The smallest absolute Gasteiger partial charge is 0.404 e. The zero-order chi connectivity index (χ0) is 51.1. The molecule has 20 atom stereocenters. The first kappa shape index (κ1) is 52.3. The molecular formula is C48H65NO21. The Kier molecular flexibility index (Phi) is 14.6. The van der Waals surface area contributed by atoms with Crippen molar-refractivity contribution in [2.75, 3.05) is 7.11 Å². The molecule has 4 aliphatic heterocycles. The summed E-state index contributed by atoms with van der Waals surface area (Å²) in [6, 6.07) is 2.57. The van der Waals surface area contributed by atoms with Gasteiger partial charge in [0.15, 0.2) is 42.1 Å². The van der Waals surface area contributed by atoms with Crippen LogP contribution in [0, 0.1) is 0 Å². The van der Waals surface area contributed by atoms with Crippen molar-refractivity contribution in [1.82, 2.24) is 0 Å². The van der Waals surface area contributed by atoms with Crippen LogP contribution in [-0.4, -0.2) is 182 Å². The second-order valence-corrected chi connectivity index (χ2v) is 20.0. The van der Waals surface area contributed by atoms with E-state index in [2.05, 4.69) is 0 Å². The van der Waals surface area contributed by atoms with Gasteiger partial charge < -0.3 is 88.8 Å². The molecule has 0 saturated carbocycles. The van der Waals surface area contributed by atoms with Crippen LogP contribution in [0.25, 0.3) is 0 Å². The lowest BCUT2D eigenvalue weighted by molar-refractivity contribution is -0.336. The van der Waals surface area contributed by atoms with Crippen molar-refractivity contribution in [1.29, 1.82) is 0 Å². The molecular weight excluding hydrogens is 927 g/mol. The molecule has 8 rings (SSSR count). The second kappa shape index (κ2) is 19.5. The Morgan fingerprint density at radius 2 is 1.43 bits per heavy atom. The maximum absolute atomic E-state index is 14.9. The minimum Gasteiger partial charge on any atom is -0.507 e. The third-order valence-electron chi connectivity index (χ3n) is 14.9. The number of aromatic hydroxyl groups is 1. The van der Waals surface area contributed by atoms with Gasteiger partial charge in [-0.3, -0.25) is 14.4 Å². The van der Waals surface area contributed by atoms with E-state index in [0.717, 1.165) is 6.92 Å². The van der Waals surface area contributed by atoms with Crippen molar-refractivity contribution in [3.05, 3.63) is 51.6 Å². The van der Waals surface area contributed by atoms with Crippen LogP contribution < -0.4 is 5.73 Å². The topological polar surface area (TPSA) is 328 Å². The zero-order valence-electron chi connectivity index (χ0n) is 40.2. The molecule has 4 heterocycles. The number of Topliss-reactive ketones (excluding diaryl/α,β-unsaturated/α-hetero) is 2. The van der Waals surface area contributed by atoms with Crippen LogP contribution >= 0.6 is 0 Å². The van der Waals surface area contributed by atoms with Gasteiger partial charge in [0, 0.05) is 68.4 Å². The first-order chi connectivity index (χ1) is 32.8. The van der Waals surface area contributed by atoms with E-state index in [4.69, 9.17) is 53.1 Å². The molecule has 0 aromatic heterocycles. The molecule has 4 saturated heterocycles. The number of aliphatic hydroxyl groups excluding tert-OH is 3. The minimum absolute atomic E-state index is 0.00666. The third-order valence-corrected chi connectivity index (χ3v) is 14.9. The predicted molar refractivity (Wildman–Crippen MR) is 236 cm³/mol. The summed E-state index contributed by atoms with van der Waals surface area (Å²) in [4.78, 5) is 53.8. The van der Waals surface area contributed by atoms with Crippen LogP contribution in [0.2, 0.25) is 0 Å². The highest BCUT2D eigenvalue weighted by atomic mass is 16.7. The number of esters is 1. The van der Waals surface area contributed by atoms with Crippen molar-refractivity contribution in [2.24, 2.45) is 5.73 Å². The molecule has 70 heavy (non-hydrogen) atoms. The minimum atomic E-state index is -2.91. The number of carbonyl (C=O) groups is 4. The number of hydrogen-bond donors (Lipinski definition) is 8. The van der Waals surface area contributed by atoms with Gasteiger partial charge in [0.25, 0.3) is 0 Å². The number of amides is 1. The van der Waals surface area contributed by atoms with E-state index in [1.165, 1.54) is 25.3 Å². The monoisotopic (exact) mass is 991 g/mol. The molecule has 1 aromatic carbocycles. The van der Waals surface area contributed by atoms with Gasteiger partial charge in [-0.05, 0) is 54.0 Å². The summed E-state index contributed by atoms with van der Waals surface area (Å²) in [5.74, 6) is -3.92. The fourth-order valence-electron chi connectivity index (χ4n) is 11.5. The molecule has 0 spiro atoms. The fourth-order valence-corrected chi connectivity index (χ4v) is 11.5. The number of hydrogen-bond acceptors (Lipinski definition) is 21. The van der Waals surface area contributed by atoms with Crippen molar-refractivity contribution >= 4 is 23.6 Å². The number of phenolic OH excluding ortho intramolecular Hbond substituents is 1. The number of aliphatic hydroxyl groups is 6. The molecule has 22 nitrogen and oxygen atoms in total. The van der Waals surface area contributed by atoms with Gasteiger partial charge in [-0.1, -0.05) is 17.7 Å². The summed E-state index contributed by atoms with van der Waals surface area (Å²) >= 11 is 0. The predicted octanol–water partition coefficient (Wildman–Crippen LogP) is 0.938. The number of methoxy groups -OCH3 is 1. The summed E-state index contributed by atoms with van der Waals surface area (Å²) in [5.41, 5.74) is -4.03. The average Bonchev–Trinajstić information content (AvgIpc) is 3.26. The quantitative estimate of drug-likeness (QED) is 0.119. The van der Waals surface area contributed by atoms with Crippen molar-refractivity contribution < 1.29 is 102 Å². The van der Waals surface area contributed by atoms with Crippen LogP contribution in [0.5, 0.6) is 5.75 Å². The summed E-state index contributed by atoms with van der Waals surface area (Å²) in [6.45, 7) is 10.7. The molecule has 1 amide bonds. The molecule has 388 valence electrons. The Morgan fingerprint density at radius 1 is 0.771 bits per heavy atom. The molecule has 0 radical (unpaired) electrons. The highest BCUT2D eigenvalue weighted by Crippen LogP contribution is 2.56. The highest BCUT2D eigenvalue weighted by molar-refractivity contribution is 6.29. The molecule has 7 aliphatic rings. The largest absolute Gasteiger partial charge is 0.507 e. The molecule has 4 fully saturated rings. The SMILES string of the molecule is COC1CC(OC2C=C(C)CC3(O)C(OC(C)=O)C(O)C4=C(C(=O)c5ccc(C6CC(OC7CC(C)(O)C(OC8CCC(OC(N)=O)C(C)O8)C(C)O7)C(O)C(C)O6)c(O)c5C4=O)C23O)OC(C)C1O. The number of ketones is 2. The Bertz CT molecular complexity index is 2280. The van der Waals surface area contributed by atoms with E-state index in [9.17, 15) is 54.9 Å². The molecule has 9 N–H and O–H groups in total. The lowest BCUT2D eigenvalue weighted by Crippen LogP contribution is -2.76. The Labute approximate surface area is 403 Å². The van der Waals surface area contributed by atoms with Crippen molar-refractivity contribution in [3.8, 4) is 5.75 Å². The lowest BCUT2D eigenvalue weighted by atomic mass is 9.55. The summed E-state index contributed by atoms with van der Waals surface area (Å²) in [7, 11) is 1.38. The third kappa shape index (κ3) is 9.11. The second-order valence-electron chi connectivity index (χ2n) is 20.0. The van der Waals surface area contributed by atoms with Gasteiger partial charge in [-0.2, -0.15) is 0 Å². The standard InChI is InChI=1S/C48H65NO21/c1-18-13-30(69-32-15-28(61-8)37(51)21(4)64-32)48(60)36-35(42(56)44(66-23(6)50)47(48,59)16-18)41(55)34-25(40(36)54)10-9-24(39(34)53)27-14-29(38(52)20(3)62-27)67-33-17-46(7,58)43(22(5)65-33)70-31-12-11-26(19(2)63-31)68-45(49)57/h9-10,13,19-22,26-33,37-38,42-44,51-53,56,58-60H,11-12,14-17H2,1-8H3,(H2,49,57). The van der Waals surface area contributed by atoms with Crippen LogP contribution in [0.15, 0.2) is 34.9 Å². The van der Waals surface area contributed by atoms with Crippen LogP contribution in [-0.2, 0) is 52.2 Å². The van der Waals surface area contributed by atoms with Crippen molar-refractivity contribution in [2.45, 2.75) is 208 Å². The number of benzene rings is 1. The lowest BCUT2D eigenvalue weighted by Gasteiger charge is -2.58. The molecule has 22 heteroatoms. The molecule has 0 bridgehead atoms. The number of rotatable bonds is 10. The van der Waals surface area contributed by atoms with E-state index in [1.807, 2.05) is 0 Å². The van der Waals surface area contributed by atoms with E-state index < -0.39 is 179 Å². The first-order valence-corrected chi connectivity index (χ1v) is 23.6. The first-order valence-electron chi connectivity index (χ1n) is 23.6. The van der Waals surface area contributed by atoms with Gasteiger partial charge in [0.2, 0.25) is 0 Å². The van der Waals surface area contributed by atoms with Crippen LogP contribution in [0.1, 0.15) is 119 Å². The fraction of sp³-hybridized carbons (Fsp3) is 0.708. The number of phenols is 1. The number of fused-ring (bicyclic) bond motifs is 3. The number of nitrogens with two attached hydrogens (primary N) is 1. The van der Waals surface area contributed by atoms with Crippen molar-refractivity contribution in [3.63, 3.8) is 0 Å². The van der Waals surface area contributed by atoms with E-state index in [-0.39, 0.29) is 24.8 Å². The highest BCUT2D eigenvalue weighted by Gasteiger charge is 2.71. The van der Waals surface area contributed by atoms with Gasteiger partial charge in [0.05, 0.1) is 53.9 Å². The van der Waals surface area contributed by atoms with Crippen LogP contribution in [0.3, 0.4) is 0 Å². The molecule has 1 aromatic rings. The van der Waals surface area contributed by atoms with Crippen LogP contribution in [0.4, 0.5) is 4.79 Å². The normalized spacial score (nSPS) is 44.1. The van der Waals surface area contributed by atoms with Gasteiger partial charge >= 0.3 is 12.1 Å². The van der Waals surface area contributed by atoms with E-state index in [0.29, 0.717) is 18.4 Å². The number of carbonyl (C=O) groups excluding carboxylic acids is 4. The van der Waals surface area contributed by atoms with E-state index >= 15 is 0 Å². The Hall–Kier alpha value is -3.98. The zero-order valence-corrected chi connectivity index (χ0v) is 40.2. The summed E-state index contributed by atoms with van der Waals surface area (Å²) in [6.07, 6.45) is -18.2. The summed E-state index contributed by atoms with van der Waals surface area (Å²) in [5, 5.41) is 83.4. The maximum atomic E-state index is 14.9. The summed E-state index contributed by atoms with van der Waals surface area (Å²) < 4.78 is 59.0. The Balaban J connectivity index is 1.06. The molecule has 3 aliphatic carbocycles.